The highest BCUT2D eigenvalue weighted by atomic mass is 16.5. The lowest BCUT2D eigenvalue weighted by atomic mass is 9.98. The molecule has 5 rings (SSSR count). The first-order valence-electron chi connectivity index (χ1n) is 9.68. The van der Waals surface area contributed by atoms with Crippen LogP contribution in [-0.4, -0.2) is 30.1 Å². The minimum absolute atomic E-state index is 0.00348. The molecule has 0 spiro atoms. The van der Waals surface area contributed by atoms with Crippen molar-refractivity contribution in [1.82, 2.24) is 4.90 Å². The molecular weight excluding hydrogens is 354 g/mol. The Morgan fingerprint density at radius 2 is 1.93 bits per heavy atom. The second kappa shape index (κ2) is 6.60. The van der Waals surface area contributed by atoms with E-state index in [2.05, 4.69) is 0 Å². The van der Waals surface area contributed by atoms with Crippen molar-refractivity contribution in [2.45, 2.75) is 31.9 Å². The molecule has 0 saturated carbocycles. The summed E-state index contributed by atoms with van der Waals surface area (Å²) < 4.78 is 11.7. The zero-order chi connectivity index (χ0) is 19.3. The van der Waals surface area contributed by atoms with E-state index in [9.17, 15) is 9.59 Å². The van der Waals surface area contributed by atoms with Crippen LogP contribution in [0.5, 0.6) is 0 Å². The van der Waals surface area contributed by atoms with Crippen molar-refractivity contribution >= 4 is 16.9 Å². The number of hydrogen-bond donors (Lipinski definition) is 0. The Balaban J connectivity index is 1.71. The van der Waals surface area contributed by atoms with Crippen molar-refractivity contribution in [2.24, 2.45) is 0 Å². The van der Waals surface area contributed by atoms with E-state index in [-0.39, 0.29) is 23.2 Å². The molecule has 5 heteroatoms. The van der Waals surface area contributed by atoms with Crippen LogP contribution in [0.15, 0.2) is 57.7 Å². The van der Waals surface area contributed by atoms with Crippen LogP contribution in [0.2, 0.25) is 0 Å². The minimum Gasteiger partial charge on any atom is -0.450 e. The molecular formula is C23H21NO4. The maximum Gasteiger partial charge on any atom is 0.291 e. The normalized spacial score (nSPS) is 21.5. The zero-order valence-electron chi connectivity index (χ0n) is 15.7. The monoisotopic (exact) mass is 375 g/mol. The summed E-state index contributed by atoms with van der Waals surface area (Å²) >= 11 is 0. The topological polar surface area (TPSA) is 59.8 Å². The molecule has 1 amide bonds. The van der Waals surface area contributed by atoms with Gasteiger partial charge in [0.15, 0.2) is 5.43 Å². The number of hydrogen-bond acceptors (Lipinski definition) is 4. The molecule has 5 nitrogen and oxygen atoms in total. The molecule has 0 unspecified atom stereocenters. The van der Waals surface area contributed by atoms with Crippen LogP contribution in [0.25, 0.3) is 11.0 Å². The van der Waals surface area contributed by atoms with Gasteiger partial charge in [-0.1, -0.05) is 42.0 Å². The van der Waals surface area contributed by atoms with E-state index in [0.717, 1.165) is 30.6 Å². The average Bonchev–Trinajstić information content (AvgIpc) is 3.31. The van der Waals surface area contributed by atoms with Crippen LogP contribution in [0.1, 0.15) is 46.1 Å². The summed E-state index contributed by atoms with van der Waals surface area (Å²) in [6.45, 7) is 3.11. The second-order valence-corrected chi connectivity index (χ2v) is 7.58. The Labute approximate surface area is 162 Å². The molecule has 3 heterocycles. The first-order chi connectivity index (χ1) is 13.6. The quantitative estimate of drug-likeness (QED) is 0.698. The summed E-state index contributed by atoms with van der Waals surface area (Å²) in [5, 5.41) is 0.520. The van der Waals surface area contributed by atoms with Gasteiger partial charge in [0.25, 0.3) is 5.91 Å². The third kappa shape index (κ3) is 2.66. The zero-order valence-corrected chi connectivity index (χ0v) is 15.7. The highest BCUT2D eigenvalue weighted by Crippen LogP contribution is 2.38. The minimum atomic E-state index is -0.450. The molecule has 2 aliphatic heterocycles. The Bertz CT molecular complexity index is 1110. The smallest absolute Gasteiger partial charge is 0.291 e. The lowest BCUT2D eigenvalue weighted by Gasteiger charge is -2.27. The molecule has 0 bridgehead atoms. The molecule has 142 valence electrons. The van der Waals surface area contributed by atoms with E-state index in [1.165, 1.54) is 0 Å². The lowest BCUT2D eigenvalue weighted by molar-refractivity contribution is 0.0486. The van der Waals surface area contributed by atoms with E-state index >= 15 is 0 Å². The van der Waals surface area contributed by atoms with Gasteiger partial charge in [0, 0.05) is 13.2 Å². The number of carbonyl (C=O) groups excluding carboxylic acids is 1. The fraction of sp³-hybridized carbons (Fsp3) is 0.304. The molecule has 2 aromatic carbocycles. The number of fused-ring (bicyclic) bond motifs is 2. The van der Waals surface area contributed by atoms with Crippen molar-refractivity contribution in [3.63, 3.8) is 0 Å². The van der Waals surface area contributed by atoms with Gasteiger partial charge >= 0.3 is 0 Å². The van der Waals surface area contributed by atoms with Crippen LogP contribution < -0.4 is 5.43 Å². The molecule has 2 aliphatic rings. The molecule has 0 aliphatic carbocycles. The third-order valence-corrected chi connectivity index (χ3v) is 5.66. The van der Waals surface area contributed by atoms with Gasteiger partial charge in [-0.3, -0.25) is 9.59 Å². The molecule has 28 heavy (non-hydrogen) atoms. The van der Waals surface area contributed by atoms with Gasteiger partial charge in [0.2, 0.25) is 5.76 Å². The number of carbonyl (C=O) groups is 1. The van der Waals surface area contributed by atoms with Crippen molar-refractivity contribution in [1.29, 1.82) is 0 Å². The lowest BCUT2D eigenvalue weighted by Crippen LogP contribution is -2.36. The van der Waals surface area contributed by atoms with E-state index in [4.69, 9.17) is 9.15 Å². The largest absolute Gasteiger partial charge is 0.450 e. The average molecular weight is 375 g/mol. The summed E-state index contributed by atoms with van der Waals surface area (Å²) in [5.41, 5.74) is 2.65. The van der Waals surface area contributed by atoms with E-state index in [0.29, 0.717) is 23.1 Å². The van der Waals surface area contributed by atoms with Crippen molar-refractivity contribution < 1.29 is 13.9 Å². The van der Waals surface area contributed by atoms with Gasteiger partial charge in [0.1, 0.15) is 5.58 Å². The second-order valence-electron chi connectivity index (χ2n) is 7.58. The van der Waals surface area contributed by atoms with Crippen molar-refractivity contribution in [3.05, 3.63) is 81.2 Å². The maximum atomic E-state index is 13.4. The predicted molar refractivity (Wildman–Crippen MR) is 106 cm³/mol. The molecule has 1 saturated heterocycles. The van der Waals surface area contributed by atoms with Crippen LogP contribution in [0, 0.1) is 6.92 Å². The maximum absolute atomic E-state index is 13.4. The predicted octanol–water partition coefficient (Wildman–Crippen LogP) is 3.83. The van der Waals surface area contributed by atoms with Crippen molar-refractivity contribution in [2.75, 3.05) is 13.2 Å². The first kappa shape index (κ1) is 17.2. The number of amides is 1. The Hall–Kier alpha value is -2.92. The van der Waals surface area contributed by atoms with Gasteiger partial charge in [0.05, 0.1) is 23.1 Å². The third-order valence-electron chi connectivity index (χ3n) is 5.66. The fourth-order valence-corrected chi connectivity index (χ4v) is 4.31. The Kier molecular flexibility index (Phi) is 4.05. The number of rotatable bonds is 3. The highest BCUT2D eigenvalue weighted by Gasteiger charge is 2.43. The highest BCUT2D eigenvalue weighted by molar-refractivity contribution is 5.99. The summed E-state index contributed by atoms with van der Waals surface area (Å²) in [5.74, 6) is -0.0767. The van der Waals surface area contributed by atoms with Gasteiger partial charge in [-0.25, -0.2) is 0 Å². The van der Waals surface area contributed by atoms with Crippen molar-refractivity contribution in [3.8, 4) is 0 Å². The fourth-order valence-electron chi connectivity index (χ4n) is 4.31. The summed E-state index contributed by atoms with van der Waals surface area (Å²) in [6.07, 6.45) is 1.91. The summed E-state index contributed by atoms with van der Waals surface area (Å²) in [4.78, 5) is 28.4. The Morgan fingerprint density at radius 1 is 1.11 bits per heavy atom. The van der Waals surface area contributed by atoms with Crippen LogP contribution in [-0.2, 0) is 4.74 Å². The van der Waals surface area contributed by atoms with E-state index < -0.39 is 6.04 Å². The van der Waals surface area contributed by atoms with E-state index in [1.54, 1.807) is 11.0 Å². The first-order valence-corrected chi connectivity index (χ1v) is 9.68. The number of benzene rings is 2. The number of ether oxygens (including phenoxy) is 1. The SMILES string of the molecule is Cc1ccc2oc3c(c(=O)c2c1)[C@@H](c1ccccc1)N(C[C@H]1CCCO1)C3=O. The van der Waals surface area contributed by atoms with Gasteiger partial charge in [-0.15, -0.1) is 0 Å². The van der Waals surface area contributed by atoms with Gasteiger partial charge in [-0.05, 0) is 37.5 Å². The summed E-state index contributed by atoms with van der Waals surface area (Å²) in [6, 6.07) is 14.7. The molecule has 0 N–H and O–H groups in total. The number of aryl methyl sites for hydroxylation is 1. The molecule has 3 aromatic rings. The Morgan fingerprint density at radius 3 is 2.68 bits per heavy atom. The standard InChI is InChI=1S/C23H21NO4/c1-14-9-10-18-17(12-14)21(25)19-20(15-6-3-2-4-7-15)24(23(26)22(19)28-18)13-16-8-5-11-27-16/h2-4,6-7,9-10,12,16,20H,5,8,11,13H2,1H3/t16-,20-/m1/s1. The summed E-state index contributed by atoms with van der Waals surface area (Å²) in [7, 11) is 0. The van der Waals surface area contributed by atoms with Crippen LogP contribution in [0.4, 0.5) is 0 Å². The van der Waals surface area contributed by atoms with Crippen LogP contribution in [0.3, 0.4) is 0 Å². The van der Waals surface area contributed by atoms with Crippen LogP contribution >= 0.6 is 0 Å². The number of nitrogens with zero attached hydrogens (tertiary/aromatic N) is 1. The van der Waals surface area contributed by atoms with E-state index in [1.807, 2.05) is 49.4 Å². The molecule has 1 aromatic heterocycles. The van der Waals surface area contributed by atoms with Gasteiger partial charge < -0.3 is 14.1 Å². The van der Waals surface area contributed by atoms with Gasteiger partial charge in [-0.2, -0.15) is 0 Å². The molecule has 2 atom stereocenters. The molecule has 1 fully saturated rings. The molecule has 0 radical (unpaired) electrons.